The fourth-order valence-corrected chi connectivity index (χ4v) is 2.38. The van der Waals surface area contributed by atoms with Gasteiger partial charge in [-0.1, -0.05) is 30.1 Å². The number of anilines is 2. The fourth-order valence-electron chi connectivity index (χ4n) is 1.86. The van der Waals surface area contributed by atoms with Gasteiger partial charge in [0.1, 0.15) is 11.6 Å². The molecular weight excluding hydrogens is 257 g/mol. The lowest BCUT2D eigenvalue weighted by molar-refractivity contribution is 0.536. The van der Waals surface area contributed by atoms with Crippen LogP contribution < -0.4 is 10.6 Å². The molecule has 0 amide bonds. The monoisotopic (exact) mass is 273 g/mol. The van der Waals surface area contributed by atoms with E-state index < -0.39 is 0 Å². The van der Waals surface area contributed by atoms with Gasteiger partial charge in [-0.05, 0) is 30.7 Å². The molecule has 0 aliphatic heterocycles. The molecule has 0 radical (unpaired) electrons. The number of pyridine rings is 1. The van der Waals surface area contributed by atoms with E-state index in [9.17, 15) is 0 Å². The van der Waals surface area contributed by atoms with Gasteiger partial charge < -0.3 is 10.6 Å². The van der Waals surface area contributed by atoms with E-state index in [1.165, 1.54) is 12.8 Å². The zero-order valence-electron chi connectivity index (χ0n) is 10.1. The normalized spacial score (nSPS) is 16.7. The fraction of sp³-hybridized carbons (Fsp3) is 0.583. The number of nitrogens with one attached hydrogen (secondary N) is 2. The SMILES string of the molecule is CNc1nc(NCC(C)C2CC2)c(Cl)cc1Cl. The summed E-state index contributed by atoms with van der Waals surface area (Å²) in [6.45, 7) is 3.16. The van der Waals surface area contributed by atoms with Crippen LogP contribution in [0, 0.1) is 11.8 Å². The summed E-state index contributed by atoms with van der Waals surface area (Å²) < 4.78 is 0. The van der Waals surface area contributed by atoms with Crippen molar-refractivity contribution >= 4 is 34.8 Å². The Balaban J connectivity index is 2.03. The average Bonchev–Trinajstić information content (AvgIpc) is 3.11. The minimum Gasteiger partial charge on any atom is -0.372 e. The summed E-state index contributed by atoms with van der Waals surface area (Å²) >= 11 is 12.1. The molecule has 2 N–H and O–H groups in total. The molecule has 1 aromatic rings. The third-order valence-corrected chi connectivity index (χ3v) is 3.76. The molecule has 17 heavy (non-hydrogen) atoms. The van der Waals surface area contributed by atoms with Crippen LogP contribution in [0.2, 0.25) is 10.0 Å². The van der Waals surface area contributed by atoms with E-state index in [1.807, 2.05) is 0 Å². The Morgan fingerprint density at radius 3 is 2.59 bits per heavy atom. The van der Waals surface area contributed by atoms with E-state index in [0.717, 1.165) is 12.5 Å². The number of rotatable bonds is 5. The maximum atomic E-state index is 6.10. The number of hydrogen-bond acceptors (Lipinski definition) is 3. The molecule has 5 heteroatoms. The minimum absolute atomic E-state index is 0.540. The van der Waals surface area contributed by atoms with Gasteiger partial charge in [0.25, 0.3) is 0 Å². The Morgan fingerprint density at radius 2 is 2.00 bits per heavy atom. The Bertz CT molecular complexity index is 405. The molecule has 1 saturated carbocycles. The molecule has 0 aromatic carbocycles. The molecule has 94 valence electrons. The zero-order chi connectivity index (χ0) is 12.4. The lowest BCUT2D eigenvalue weighted by Gasteiger charge is -2.14. The van der Waals surface area contributed by atoms with Crippen LogP contribution in [0.5, 0.6) is 0 Å². The van der Waals surface area contributed by atoms with Crippen molar-refractivity contribution in [3.8, 4) is 0 Å². The van der Waals surface area contributed by atoms with Crippen molar-refractivity contribution in [3.63, 3.8) is 0 Å². The number of nitrogens with zero attached hydrogens (tertiary/aromatic N) is 1. The molecule has 1 atom stereocenters. The van der Waals surface area contributed by atoms with Crippen LogP contribution in [0.1, 0.15) is 19.8 Å². The summed E-state index contributed by atoms with van der Waals surface area (Å²) in [6, 6.07) is 1.71. The van der Waals surface area contributed by atoms with Crippen LogP contribution in [-0.2, 0) is 0 Å². The molecular formula is C12H17Cl2N3. The maximum absolute atomic E-state index is 6.10. The second-order valence-electron chi connectivity index (χ2n) is 4.59. The van der Waals surface area contributed by atoms with Crippen LogP contribution in [0.4, 0.5) is 11.6 Å². The standard InChI is InChI=1S/C12H17Cl2N3/c1-7(8-3-4-8)6-16-12-10(14)5-9(13)11(15-2)17-12/h5,7-8H,3-4,6H2,1-2H3,(H2,15,16,17). The summed E-state index contributed by atoms with van der Waals surface area (Å²) in [5.41, 5.74) is 0. The van der Waals surface area contributed by atoms with Crippen molar-refractivity contribution in [1.82, 2.24) is 4.98 Å². The van der Waals surface area contributed by atoms with Crippen LogP contribution in [0.25, 0.3) is 0 Å². The highest BCUT2D eigenvalue weighted by atomic mass is 35.5. The van der Waals surface area contributed by atoms with Crippen molar-refractivity contribution in [1.29, 1.82) is 0 Å². The molecule has 2 rings (SSSR count). The van der Waals surface area contributed by atoms with Crippen molar-refractivity contribution < 1.29 is 0 Å². The number of halogens is 2. The quantitative estimate of drug-likeness (QED) is 0.855. The lowest BCUT2D eigenvalue weighted by atomic mass is 10.1. The van der Waals surface area contributed by atoms with E-state index in [4.69, 9.17) is 23.2 Å². The Labute approximate surface area is 112 Å². The molecule has 0 bridgehead atoms. The van der Waals surface area contributed by atoms with Gasteiger partial charge in [-0.25, -0.2) is 4.98 Å². The van der Waals surface area contributed by atoms with E-state index in [1.54, 1.807) is 13.1 Å². The summed E-state index contributed by atoms with van der Waals surface area (Å²) in [5, 5.41) is 7.34. The number of hydrogen-bond donors (Lipinski definition) is 2. The summed E-state index contributed by atoms with van der Waals surface area (Å²) in [7, 11) is 1.79. The first-order chi connectivity index (χ1) is 8.11. The largest absolute Gasteiger partial charge is 0.372 e. The average molecular weight is 274 g/mol. The van der Waals surface area contributed by atoms with Gasteiger partial charge in [0.2, 0.25) is 0 Å². The van der Waals surface area contributed by atoms with Gasteiger partial charge in [-0.15, -0.1) is 0 Å². The van der Waals surface area contributed by atoms with Gasteiger partial charge in [-0.3, -0.25) is 0 Å². The van der Waals surface area contributed by atoms with Crippen LogP contribution >= 0.6 is 23.2 Å². The molecule has 1 aromatic heterocycles. The van der Waals surface area contributed by atoms with Gasteiger partial charge in [0.05, 0.1) is 10.0 Å². The number of aromatic nitrogens is 1. The van der Waals surface area contributed by atoms with Crippen molar-refractivity contribution in [2.24, 2.45) is 11.8 Å². The second kappa shape index (κ2) is 5.32. The van der Waals surface area contributed by atoms with Gasteiger partial charge >= 0.3 is 0 Å². The maximum Gasteiger partial charge on any atom is 0.147 e. The van der Waals surface area contributed by atoms with Crippen molar-refractivity contribution in [3.05, 3.63) is 16.1 Å². The van der Waals surface area contributed by atoms with Crippen molar-refractivity contribution in [2.45, 2.75) is 19.8 Å². The summed E-state index contributed by atoms with van der Waals surface area (Å²) in [5.74, 6) is 2.89. The molecule has 1 unspecified atom stereocenters. The van der Waals surface area contributed by atoms with Crippen LogP contribution in [-0.4, -0.2) is 18.6 Å². The van der Waals surface area contributed by atoms with Crippen molar-refractivity contribution in [2.75, 3.05) is 24.2 Å². The van der Waals surface area contributed by atoms with E-state index >= 15 is 0 Å². The second-order valence-corrected chi connectivity index (χ2v) is 5.41. The Morgan fingerprint density at radius 1 is 1.35 bits per heavy atom. The van der Waals surface area contributed by atoms with Crippen LogP contribution in [0.3, 0.4) is 0 Å². The molecule has 1 heterocycles. The molecule has 3 nitrogen and oxygen atoms in total. The zero-order valence-corrected chi connectivity index (χ0v) is 11.6. The Hall–Kier alpha value is -0.670. The van der Waals surface area contributed by atoms with Gasteiger partial charge in [0.15, 0.2) is 0 Å². The van der Waals surface area contributed by atoms with Gasteiger partial charge in [-0.2, -0.15) is 0 Å². The summed E-state index contributed by atoms with van der Waals surface area (Å²) in [6.07, 6.45) is 2.71. The highest BCUT2D eigenvalue weighted by molar-refractivity contribution is 6.37. The van der Waals surface area contributed by atoms with Crippen LogP contribution in [0.15, 0.2) is 6.07 Å². The third-order valence-electron chi connectivity index (χ3n) is 3.18. The highest BCUT2D eigenvalue weighted by Crippen LogP contribution is 2.37. The topological polar surface area (TPSA) is 37.0 Å². The van der Waals surface area contributed by atoms with E-state index in [-0.39, 0.29) is 0 Å². The molecule has 0 spiro atoms. The highest BCUT2D eigenvalue weighted by Gasteiger charge is 2.27. The minimum atomic E-state index is 0.540. The first-order valence-electron chi connectivity index (χ1n) is 5.89. The first kappa shape index (κ1) is 12.8. The predicted octanol–water partition coefficient (Wildman–Crippen LogP) is 3.89. The van der Waals surface area contributed by atoms with E-state index in [0.29, 0.717) is 27.6 Å². The summed E-state index contributed by atoms with van der Waals surface area (Å²) in [4.78, 5) is 4.36. The van der Waals surface area contributed by atoms with Gasteiger partial charge in [0, 0.05) is 13.6 Å². The molecule has 1 fully saturated rings. The first-order valence-corrected chi connectivity index (χ1v) is 6.65. The smallest absolute Gasteiger partial charge is 0.147 e. The predicted molar refractivity (Wildman–Crippen MR) is 74.2 cm³/mol. The third kappa shape index (κ3) is 3.17. The molecule has 0 saturated heterocycles. The van der Waals surface area contributed by atoms with E-state index in [2.05, 4.69) is 22.5 Å². The molecule has 1 aliphatic carbocycles. The Kier molecular flexibility index (Phi) is 4.00. The molecule has 1 aliphatic rings. The lowest BCUT2D eigenvalue weighted by Crippen LogP contribution is -2.14.